The number of rotatable bonds is 3. The number of anilines is 2. The van der Waals surface area contributed by atoms with E-state index in [0.29, 0.717) is 16.6 Å². The van der Waals surface area contributed by atoms with Crippen LogP contribution in [0.3, 0.4) is 0 Å². The van der Waals surface area contributed by atoms with Crippen molar-refractivity contribution in [3.05, 3.63) is 32.7 Å². The molecule has 0 aliphatic carbocycles. The van der Waals surface area contributed by atoms with Crippen molar-refractivity contribution in [1.29, 1.82) is 0 Å². The maximum Gasteiger partial charge on any atom is 0.320 e. The molecule has 1 aromatic heterocycles. The number of aromatic nitrogens is 2. The first kappa shape index (κ1) is 11.9. The van der Waals surface area contributed by atoms with Gasteiger partial charge in [0.25, 0.3) is 0 Å². The number of alkyl halides is 1. The van der Waals surface area contributed by atoms with E-state index in [-0.39, 0.29) is 11.9 Å². The lowest BCUT2D eigenvalue weighted by Crippen LogP contribution is -1.91. The van der Waals surface area contributed by atoms with Gasteiger partial charge in [0.2, 0.25) is 5.89 Å². The lowest BCUT2D eigenvalue weighted by molar-refractivity contribution is 0.530. The predicted molar refractivity (Wildman–Crippen MR) is 71.3 cm³/mol. The summed E-state index contributed by atoms with van der Waals surface area (Å²) >= 11 is 13.8. The molecule has 7 heteroatoms. The van der Waals surface area contributed by atoms with Crippen molar-refractivity contribution in [1.82, 2.24) is 10.2 Å². The number of nitrogens with zero attached hydrogens (tertiary/aromatic N) is 2. The number of hydrogen-bond acceptors (Lipinski definition) is 4. The Kier molecular flexibility index (Phi) is 3.88. The third-order valence-corrected chi connectivity index (χ3v) is 2.97. The molecule has 0 aliphatic heterocycles. The second-order valence-corrected chi connectivity index (χ2v) is 4.80. The zero-order chi connectivity index (χ0) is 11.5. The minimum Gasteiger partial charge on any atom is -0.407 e. The van der Waals surface area contributed by atoms with Crippen molar-refractivity contribution in [2.24, 2.45) is 0 Å². The minimum atomic E-state index is 0.190. The van der Waals surface area contributed by atoms with Crippen LogP contribution < -0.4 is 5.32 Å². The fraction of sp³-hybridized carbons (Fsp3) is 0.111. The van der Waals surface area contributed by atoms with Gasteiger partial charge >= 0.3 is 6.01 Å². The Morgan fingerprint density at radius 2 is 2.19 bits per heavy atom. The molecule has 1 N–H and O–H groups in total. The van der Waals surface area contributed by atoms with Crippen molar-refractivity contribution in [3.8, 4) is 0 Å². The molecular formula is C9H6Cl2IN3O. The molecule has 0 aliphatic rings. The third kappa shape index (κ3) is 2.78. The van der Waals surface area contributed by atoms with E-state index in [0.717, 1.165) is 3.57 Å². The van der Waals surface area contributed by atoms with E-state index in [2.05, 4.69) is 38.1 Å². The van der Waals surface area contributed by atoms with E-state index in [1.54, 1.807) is 0 Å². The highest BCUT2D eigenvalue weighted by atomic mass is 127. The van der Waals surface area contributed by atoms with Crippen LogP contribution in [0.4, 0.5) is 11.7 Å². The SMILES string of the molecule is ClCc1nnc(Nc2ccc(I)cc2Cl)o1. The molecule has 16 heavy (non-hydrogen) atoms. The highest BCUT2D eigenvalue weighted by molar-refractivity contribution is 14.1. The summed E-state index contributed by atoms with van der Waals surface area (Å²) in [6.07, 6.45) is 0. The standard InChI is InChI=1S/C9H6Cl2IN3O/c10-4-8-14-15-9(16-8)13-7-2-1-5(12)3-6(7)11/h1-3H,4H2,(H,13,15). The Morgan fingerprint density at radius 3 is 2.81 bits per heavy atom. The van der Waals surface area contributed by atoms with E-state index in [9.17, 15) is 0 Å². The number of nitrogens with one attached hydrogen (secondary N) is 1. The summed E-state index contributed by atoms with van der Waals surface area (Å²) < 4.78 is 6.25. The summed E-state index contributed by atoms with van der Waals surface area (Å²) in [7, 11) is 0. The molecule has 2 aromatic rings. The van der Waals surface area contributed by atoms with Gasteiger partial charge in [-0.1, -0.05) is 16.7 Å². The van der Waals surface area contributed by atoms with Gasteiger partial charge < -0.3 is 9.73 Å². The fourth-order valence-electron chi connectivity index (χ4n) is 1.06. The minimum absolute atomic E-state index is 0.190. The normalized spacial score (nSPS) is 10.4. The molecule has 0 fully saturated rings. The molecule has 0 radical (unpaired) electrons. The topological polar surface area (TPSA) is 51.0 Å². The zero-order valence-electron chi connectivity index (χ0n) is 7.88. The van der Waals surface area contributed by atoms with Gasteiger partial charge in [0.15, 0.2) is 0 Å². The average molecular weight is 370 g/mol. The van der Waals surface area contributed by atoms with Gasteiger partial charge in [-0.3, -0.25) is 0 Å². The molecule has 0 spiro atoms. The zero-order valence-corrected chi connectivity index (χ0v) is 11.5. The van der Waals surface area contributed by atoms with Crippen LogP contribution in [0.2, 0.25) is 5.02 Å². The van der Waals surface area contributed by atoms with Crippen LogP contribution in [0.15, 0.2) is 22.6 Å². The molecule has 84 valence electrons. The largest absolute Gasteiger partial charge is 0.407 e. The Morgan fingerprint density at radius 1 is 1.38 bits per heavy atom. The molecule has 2 rings (SSSR count). The average Bonchev–Trinajstić information content (AvgIpc) is 2.70. The maximum absolute atomic E-state index is 6.04. The van der Waals surface area contributed by atoms with E-state index >= 15 is 0 Å². The molecule has 1 heterocycles. The lowest BCUT2D eigenvalue weighted by atomic mass is 10.3. The monoisotopic (exact) mass is 369 g/mol. The summed E-state index contributed by atoms with van der Waals surface area (Å²) in [6, 6.07) is 5.88. The third-order valence-electron chi connectivity index (χ3n) is 1.75. The first-order valence-electron chi connectivity index (χ1n) is 4.29. The van der Waals surface area contributed by atoms with E-state index in [1.807, 2.05) is 18.2 Å². The van der Waals surface area contributed by atoms with Gasteiger partial charge in [-0.15, -0.1) is 16.7 Å². The second kappa shape index (κ2) is 5.20. The molecule has 0 saturated carbocycles. The fourth-order valence-corrected chi connectivity index (χ4v) is 2.08. The van der Waals surface area contributed by atoms with Gasteiger partial charge in [-0.25, -0.2) is 0 Å². The van der Waals surface area contributed by atoms with Crippen LogP contribution in [0.25, 0.3) is 0 Å². The van der Waals surface area contributed by atoms with Crippen LogP contribution >= 0.6 is 45.8 Å². The summed E-state index contributed by atoms with van der Waals surface area (Å²) in [5, 5.41) is 11.0. The molecule has 0 amide bonds. The van der Waals surface area contributed by atoms with E-state index in [4.69, 9.17) is 27.6 Å². The summed E-state index contributed by atoms with van der Waals surface area (Å²) in [6.45, 7) is 0. The predicted octanol–water partition coefficient (Wildman–Crippen LogP) is 3.81. The van der Waals surface area contributed by atoms with Crippen molar-refractivity contribution >= 4 is 57.5 Å². The molecular weight excluding hydrogens is 364 g/mol. The second-order valence-electron chi connectivity index (χ2n) is 2.88. The van der Waals surface area contributed by atoms with Crippen LogP contribution in [0.5, 0.6) is 0 Å². The Labute approximate surface area is 115 Å². The smallest absolute Gasteiger partial charge is 0.320 e. The highest BCUT2D eigenvalue weighted by Gasteiger charge is 2.07. The number of benzene rings is 1. The van der Waals surface area contributed by atoms with Gasteiger partial charge in [0, 0.05) is 3.57 Å². The van der Waals surface area contributed by atoms with Crippen LogP contribution in [0, 0.1) is 3.57 Å². The maximum atomic E-state index is 6.04. The highest BCUT2D eigenvalue weighted by Crippen LogP contribution is 2.26. The molecule has 1 aromatic carbocycles. The summed E-state index contributed by atoms with van der Waals surface area (Å²) in [5.41, 5.74) is 0.715. The van der Waals surface area contributed by atoms with Gasteiger partial charge in [-0.2, -0.15) is 0 Å². The summed E-state index contributed by atoms with van der Waals surface area (Å²) in [4.78, 5) is 0. The molecule has 0 saturated heterocycles. The quantitative estimate of drug-likeness (QED) is 0.660. The Bertz CT molecular complexity index is 503. The molecule has 4 nitrogen and oxygen atoms in total. The first-order valence-corrected chi connectivity index (χ1v) is 6.28. The molecule has 0 unspecified atom stereocenters. The van der Waals surface area contributed by atoms with Crippen molar-refractivity contribution in [2.45, 2.75) is 5.88 Å². The van der Waals surface area contributed by atoms with E-state index in [1.165, 1.54) is 0 Å². The van der Waals surface area contributed by atoms with Crippen LogP contribution in [-0.2, 0) is 5.88 Å². The van der Waals surface area contributed by atoms with Crippen molar-refractivity contribution < 1.29 is 4.42 Å². The summed E-state index contributed by atoms with van der Waals surface area (Å²) in [5.74, 6) is 0.556. The molecule has 0 bridgehead atoms. The van der Waals surface area contributed by atoms with Crippen molar-refractivity contribution in [2.75, 3.05) is 5.32 Å². The number of halogens is 3. The lowest BCUT2D eigenvalue weighted by Gasteiger charge is -2.03. The Balaban J connectivity index is 2.20. The van der Waals surface area contributed by atoms with Crippen LogP contribution in [-0.4, -0.2) is 10.2 Å². The molecule has 0 atom stereocenters. The Hall–Kier alpha value is -0.530. The van der Waals surface area contributed by atoms with E-state index < -0.39 is 0 Å². The van der Waals surface area contributed by atoms with Crippen molar-refractivity contribution in [3.63, 3.8) is 0 Å². The first-order chi connectivity index (χ1) is 7.69. The van der Waals surface area contributed by atoms with Crippen LogP contribution in [0.1, 0.15) is 5.89 Å². The van der Waals surface area contributed by atoms with Gasteiger partial charge in [-0.05, 0) is 40.8 Å². The van der Waals surface area contributed by atoms with Gasteiger partial charge in [0.05, 0.1) is 10.7 Å². The number of hydrogen-bond donors (Lipinski definition) is 1. The van der Waals surface area contributed by atoms with Gasteiger partial charge in [0.1, 0.15) is 5.88 Å².